The van der Waals surface area contributed by atoms with Crippen molar-refractivity contribution in [3.8, 4) is 0 Å². The molecule has 3 aromatic rings. The van der Waals surface area contributed by atoms with Crippen LogP contribution in [-0.2, 0) is 7.05 Å². The van der Waals surface area contributed by atoms with Gasteiger partial charge in [0.05, 0.1) is 16.8 Å². The van der Waals surface area contributed by atoms with Crippen LogP contribution in [0.1, 0.15) is 21.6 Å². The molecule has 104 valence electrons. The standard InChI is InChI=1S/C17H15N3O/c1-12-15(11-20(2)19-12)17(21)8-7-13-9-10-18-16-6-4-3-5-14(13)16/h3-11H,1-2H3/b8-7+. The highest BCUT2D eigenvalue weighted by molar-refractivity contribution is 6.08. The van der Waals surface area contributed by atoms with E-state index in [1.54, 1.807) is 23.2 Å². The summed E-state index contributed by atoms with van der Waals surface area (Å²) in [5.41, 5.74) is 3.28. The van der Waals surface area contributed by atoms with Crippen molar-refractivity contribution in [3.63, 3.8) is 0 Å². The molecule has 0 N–H and O–H groups in total. The van der Waals surface area contributed by atoms with Crippen molar-refractivity contribution in [2.75, 3.05) is 0 Å². The van der Waals surface area contributed by atoms with Gasteiger partial charge in [-0.2, -0.15) is 5.10 Å². The van der Waals surface area contributed by atoms with Crippen LogP contribution in [0.25, 0.3) is 17.0 Å². The number of hydrogen-bond donors (Lipinski definition) is 0. The van der Waals surface area contributed by atoms with Crippen LogP contribution in [0.4, 0.5) is 0 Å². The molecule has 0 aliphatic rings. The molecular weight excluding hydrogens is 262 g/mol. The fraction of sp³-hybridized carbons (Fsp3) is 0.118. The Hall–Kier alpha value is -2.75. The van der Waals surface area contributed by atoms with Crippen LogP contribution in [0.2, 0.25) is 0 Å². The van der Waals surface area contributed by atoms with Gasteiger partial charge in [-0.25, -0.2) is 0 Å². The number of aromatic nitrogens is 3. The summed E-state index contributed by atoms with van der Waals surface area (Å²) in [6.07, 6.45) is 6.92. The average Bonchev–Trinajstić information content (AvgIpc) is 2.83. The zero-order chi connectivity index (χ0) is 14.8. The molecule has 3 rings (SSSR count). The first kappa shape index (κ1) is 13.2. The molecule has 21 heavy (non-hydrogen) atoms. The van der Waals surface area contributed by atoms with Crippen molar-refractivity contribution < 1.29 is 4.79 Å². The number of pyridine rings is 1. The number of carbonyl (C=O) groups is 1. The van der Waals surface area contributed by atoms with Crippen LogP contribution >= 0.6 is 0 Å². The van der Waals surface area contributed by atoms with Gasteiger partial charge in [0.2, 0.25) is 0 Å². The van der Waals surface area contributed by atoms with E-state index in [2.05, 4.69) is 10.1 Å². The highest BCUT2D eigenvalue weighted by Crippen LogP contribution is 2.18. The zero-order valence-electron chi connectivity index (χ0n) is 11.9. The van der Waals surface area contributed by atoms with Gasteiger partial charge in [-0.15, -0.1) is 0 Å². The lowest BCUT2D eigenvalue weighted by Gasteiger charge is -2.00. The number of nitrogens with zero attached hydrogens (tertiary/aromatic N) is 3. The van der Waals surface area contributed by atoms with Gasteiger partial charge in [0, 0.05) is 24.8 Å². The Morgan fingerprint density at radius 1 is 1.24 bits per heavy atom. The third-order valence-corrected chi connectivity index (χ3v) is 3.38. The van der Waals surface area contributed by atoms with Crippen molar-refractivity contribution in [1.29, 1.82) is 0 Å². The lowest BCUT2D eigenvalue weighted by molar-refractivity contribution is 0.104. The molecule has 0 amide bonds. The fourth-order valence-corrected chi connectivity index (χ4v) is 2.36. The SMILES string of the molecule is Cc1nn(C)cc1C(=O)/C=C/c1ccnc2ccccc12. The smallest absolute Gasteiger partial charge is 0.189 e. The van der Waals surface area contributed by atoms with Crippen molar-refractivity contribution in [3.05, 3.63) is 65.6 Å². The molecule has 0 saturated carbocycles. The molecule has 0 atom stereocenters. The molecule has 0 saturated heterocycles. The van der Waals surface area contributed by atoms with Crippen LogP contribution in [0.15, 0.2) is 48.8 Å². The molecular formula is C17H15N3O. The second-order valence-electron chi connectivity index (χ2n) is 4.92. The van der Waals surface area contributed by atoms with Gasteiger partial charge in [0.1, 0.15) is 0 Å². The van der Waals surface area contributed by atoms with E-state index in [-0.39, 0.29) is 5.78 Å². The molecule has 0 radical (unpaired) electrons. The lowest BCUT2D eigenvalue weighted by Crippen LogP contribution is -1.94. The van der Waals surface area contributed by atoms with E-state index in [0.29, 0.717) is 5.56 Å². The largest absolute Gasteiger partial charge is 0.289 e. The van der Waals surface area contributed by atoms with Crippen molar-refractivity contribution in [2.24, 2.45) is 7.05 Å². The summed E-state index contributed by atoms with van der Waals surface area (Å²) in [6.45, 7) is 1.84. The van der Waals surface area contributed by atoms with Gasteiger partial charge >= 0.3 is 0 Å². The maximum Gasteiger partial charge on any atom is 0.189 e. The molecule has 0 fully saturated rings. The Morgan fingerprint density at radius 3 is 2.81 bits per heavy atom. The van der Waals surface area contributed by atoms with E-state index < -0.39 is 0 Å². The minimum Gasteiger partial charge on any atom is -0.289 e. The molecule has 2 heterocycles. The fourth-order valence-electron chi connectivity index (χ4n) is 2.36. The molecule has 2 aromatic heterocycles. The second kappa shape index (κ2) is 5.32. The highest BCUT2D eigenvalue weighted by Gasteiger charge is 2.09. The first-order chi connectivity index (χ1) is 10.1. The minimum atomic E-state index is -0.0403. The quantitative estimate of drug-likeness (QED) is 0.545. The third kappa shape index (κ3) is 2.60. The van der Waals surface area contributed by atoms with Gasteiger partial charge in [0.25, 0.3) is 0 Å². The Kier molecular flexibility index (Phi) is 3.36. The Labute approximate surface area is 122 Å². The van der Waals surface area contributed by atoms with Gasteiger partial charge < -0.3 is 0 Å². The zero-order valence-corrected chi connectivity index (χ0v) is 11.9. The first-order valence-electron chi connectivity index (χ1n) is 6.71. The van der Waals surface area contributed by atoms with Crippen LogP contribution in [0, 0.1) is 6.92 Å². The summed E-state index contributed by atoms with van der Waals surface area (Å²) in [7, 11) is 1.81. The Morgan fingerprint density at radius 2 is 2.05 bits per heavy atom. The lowest BCUT2D eigenvalue weighted by atomic mass is 10.1. The molecule has 0 aliphatic heterocycles. The molecule has 0 aliphatic carbocycles. The number of para-hydroxylation sites is 1. The number of benzene rings is 1. The van der Waals surface area contributed by atoms with Gasteiger partial charge in [0.15, 0.2) is 5.78 Å². The van der Waals surface area contributed by atoms with Crippen LogP contribution in [-0.4, -0.2) is 20.5 Å². The van der Waals surface area contributed by atoms with E-state index in [0.717, 1.165) is 22.2 Å². The van der Waals surface area contributed by atoms with Crippen molar-refractivity contribution in [2.45, 2.75) is 6.92 Å². The summed E-state index contributed by atoms with van der Waals surface area (Å²) in [5, 5.41) is 5.22. The second-order valence-corrected chi connectivity index (χ2v) is 4.92. The predicted molar refractivity (Wildman–Crippen MR) is 83.1 cm³/mol. The Bertz CT molecular complexity index is 841. The number of rotatable bonds is 3. The van der Waals surface area contributed by atoms with Crippen molar-refractivity contribution >= 4 is 22.8 Å². The van der Waals surface area contributed by atoms with Gasteiger partial charge in [-0.3, -0.25) is 14.5 Å². The summed E-state index contributed by atoms with van der Waals surface area (Å²) >= 11 is 0. The molecule has 0 spiro atoms. The monoisotopic (exact) mass is 277 g/mol. The van der Waals surface area contributed by atoms with Crippen molar-refractivity contribution in [1.82, 2.24) is 14.8 Å². The molecule has 4 nitrogen and oxygen atoms in total. The maximum absolute atomic E-state index is 12.2. The van der Waals surface area contributed by atoms with Gasteiger partial charge in [-0.05, 0) is 30.7 Å². The maximum atomic E-state index is 12.2. The summed E-state index contributed by atoms with van der Waals surface area (Å²) in [5.74, 6) is -0.0403. The molecule has 0 unspecified atom stereocenters. The molecule has 0 bridgehead atoms. The van der Waals surface area contributed by atoms with E-state index in [1.807, 2.05) is 50.4 Å². The number of fused-ring (bicyclic) bond motifs is 1. The van der Waals surface area contributed by atoms with Crippen LogP contribution < -0.4 is 0 Å². The number of aryl methyl sites for hydroxylation is 2. The van der Waals surface area contributed by atoms with E-state index in [9.17, 15) is 4.79 Å². The molecule has 4 heteroatoms. The normalized spacial score (nSPS) is 11.3. The number of ketones is 1. The van der Waals surface area contributed by atoms with Crippen LogP contribution in [0.3, 0.4) is 0 Å². The predicted octanol–water partition coefficient (Wildman–Crippen LogP) is 3.17. The summed E-state index contributed by atoms with van der Waals surface area (Å²) in [4.78, 5) is 16.5. The number of allylic oxidation sites excluding steroid dienone is 1. The van der Waals surface area contributed by atoms with E-state index in [1.165, 1.54) is 0 Å². The van der Waals surface area contributed by atoms with Gasteiger partial charge in [-0.1, -0.05) is 24.3 Å². The molecule has 1 aromatic carbocycles. The summed E-state index contributed by atoms with van der Waals surface area (Å²) < 4.78 is 1.65. The topological polar surface area (TPSA) is 47.8 Å². The Balaban J connectivity index is 1.95. The number of carbonyl (C=O) groups excluding carboxylic acids is 1. The highest BCUT2D eigenvalue weighted by atomic mass is 16.1. The van der Waals surface area contributed by atoms with E-state index >= 15 is 0 Å². The third-order valence-electron chi connectivity index (χ3n) is 3.38. The van der Waals surface area contributed by atoms with E-state index in [4.69, 9.17) is 0 Å². The average molecular weight is 277 g/mol. The number of hydrogen-bond acceptors (Lipinski definition) is 3. The summed E-state index contributed by atoms with van der Waals surface area (Å²) in [6, 6.07) is 9.78. The van der Waals surface area contributed by atoms with Crippen LogP contribution in [0.5, 0.6) is 0 Å². The first-order valence-corrected chi connectivity index (χ1v) is 6.71. The minimum absolute atomic E-state index is 0.0403.